The van der Waals surface area contributed by atoms with Crippen molar-refractivity contribution in [2.45, 2.75) is 25.7 Å². The summed E-state index contributed by atoms with van der Waals surface area (Å²) in [6.45, 7) is 5.90. The van der Waals surface area contributed by atoms with Crippen LogP contribution in [0.2, 0.25) is 0 Å². The highest BCUT2D eigenvalue weighted by Gasteiger charge is 2.07. The van der Waals surface area contributed by atoms with Gasteiger partial charge in [-0.3, -0.25) is 0 Å². The van der Waals surface area contributed by atoms with Crippen molar-refractivity contribution in [3.8, 4) is 0 Å². The van der Waals surface area contributed by atoms with Crippen LogP contribution in [0.25, 0.3) is 0 Å². The molecule has 16 heavy (non-hydrogen) atoms. The molecule has 1 aromatic rings. The van der Waals surface area contributed by atoms with E-state index in [9.17, 15) is 0 Å². The first kappa shape index (κ1) is 13.2. The molecule has 0 aliphatic heterocycles. The maximum Gasteiger partial charge on any atom is 0.0528 e. The van der Waals surface area contributed by atoms with Crippen molar-refractivity contribution in [1.82, 2.24) is 0 Å². The maximum atomic E-state index is 5.15. The predicted octanol–water partition coefficient (Wildman–Crippen LogP) is 3.19. The first-order chi connectivity index (χ1) is 7.69. The van der Waals surface area contributed by atoms with E-state index in [4.69, 9.17) is 9.47 Å². The molecule has 0 heterocycles. The van der Waals surface area contributed by atoms with Crippen LogP contribution < -0.4 is 0 Å². The van der Waals surface area contributed by atoms with Gasteiger partial charge >= 0.3 is 0 Å². The van der Waals surface area contributed by atoms with Gasteiger partial charge in [0.1, 0.15) is 0 Å². The molecule has 1 rings (SSSR count). The van der Waals surface area contributed by atoms with Crippen molar-refractivity contribution < 1.29 is 9.47 Å². The largest absolute Gasteiger partial charge is 0.384 e. The Balaban J connectivity index is 2.67. The van der Waals surface area contributed by atoms with Crippen molar-refractivity contribution in [1.29, 1.82) is 0 Å². The Hall–Kier alpha value is -0.860. The Labute approximate surface area is 98.6 Å². The summed E-state index contributed by atoms with van der Waals surface area (Å²) >= 11 is 0. The molecule has 2 heteroatoms. The Morgan fingerprint density at radius 1 is 0.812 bits per heavy atom. The standard InChI is InChI=1S/C14H22O2/c1-11(9-15-3)13-5-7-14(8-6-13)12(2)10-16-4/h5-8,11-12H,9-10H2,1-4H3. The lowest BCUT2D eigenvalue weighted by atomic mass is 9.96. The third-order valence-corrected chi connectivity index (χ3v) is 2.91. The van der Waals surface area contributed by atoms with E-state index in [0.29, 0.717) is 11.8 Å². The van der Waals surface area contributed by atoms with Gasteiger partial charge < -0.3 is 9.47 Å². The van der Waals surface area contributed by atoms with Crippen LogP contribution in [0.15, 0.2) is 24.3 Å². The number of hydrogen-bond acceptors (Lipinski definition) is 2. The van der Waals surface area contributed by atoms with Crippen LogP contribution in [0.1, 0.15) is 36.8 Å². The highest BCUT2D eigenvalue weighted by Crippen LogP contribution is 2.20. The lowest BCUT2D eigenvalue weighted by Gasteiger charge is -2.14. The van der Waals surface area contributed by atoms with Crippen LogP contribution in [0.3, 0.4) is 0 Å². The molecule has 0 saturated heterocycles. The number of methoxy groups -OCH3 is 2. The average molecular weight is 222 g/mol. The first-order valence-corrected chi connectivity index (χ1v) is 5.76. The van der Waals surface area contributed by atoms with E-state index in [1.807, 2.05) is 0 Å². The lowest BCUT2D eigenvalue weighted by molar-refractivity contribution is 0.183. The molecule has 0 saturated carbocycles. The highest BCUT2D eigenvalue weighted by atomic mass is 16.5. The van der Waals surface area contributed by atoms with E-state index in [1.54, 1.807) is 14.2 Å². The molecule has 2 atom stereocenters. The fraction of sp³-hybridized carbons (Fsp3) is 0.571. The van der Waals surface area contributed by atoms with E-state index in [0.717, 1.165) is 13.2 Å². The molecule has 0 aliphatic carbocycles. The number of benzene rings is 1. The van der Waals surface area contributed by atoms with Crippen molar-refractivity contribution >= 4 is 0 Å². The minimum atomic E-state index is 0.455. The number of ether oxygens (including phenoxy) is 2. The molecular formula is C14H22O2. The Morgan fingerprint density at radius 3 is 1.38 bits per heavy atom. The Kier molecular flexibility index (Phi) is 5.50. The SMILES string of the molecule is COCC(C)c1ccc(C(C)COC)cc1. The van der Waals surface area contributed by atoms with Crippen molar-refractivity contribution in [3.05, 3.63) is 35.4 Å². The van der Waals surface area contributed by atoms with Crippen LogP contribution in [-0.4, -0.2) is 27.4 Å². The summed E-state index contributed by atoms with van der Waals surface area (Å²) in [6, 6.07) is 8.74. The fourth-order valence-electron chi connectivity index (χ4n) is 1.85. The van der Waals surface area contributed by atoms with Crippen molar-refractivity contribution in [2.24, 2.45) is 0 Å². The minimum absolute atomic E-state index is 0.455. The van der Waals surface area contributed by atoms with Gasteiger partial charge in [-0.15, -0.1) is 0 Å². The van der Waals surface area contributed by atoms with E-state index in [2.05, 4.69) is 38.1 Å². The lowest BCUT2D eigenvalue weighted by Crippen LogP contribution is -2.04. The van der Waals surface area contributed by atoms with Crippen LogP contribution in [0.4, 0.5) is 0 Å². The van der Waals surface area contributed by atoms with Crippen molar-refractivity contribution in [2.75, 3.05) is 27.4 Å². The fourth-order valence-corrected chi connectivity index (χ4v) is 1.85. The van der Waals surface area contributed by atoms with Gasteiger partial charge in [-0.25, -0.2) is 0 Å². The topological polar surface area (TPSA) is 18.5 Å². The number of rotatable bonds is 6. The van der Waals surface area contributed by atoms with E-state index >= 15 is 0 Å². The average Bonchev–Trinajstić information content (AvgIpc) is 2.30. The summed E-state index contributed by atoms with van der Waals surface area (Å²) in [5.74, 6) is 0.911. The normalized spacial score (nSPS) is 14.8. The molecule has 0 N–H and O–H groups in total. The zero-order chi connectivity index (χ0) is 12.0. The zero-order valence-electron chi connectivity index (χ0n) is 10.7. The second kappa shape index (κ2) is 6.66. The summed E-state index contributed by atoms with van der Waals surface area (Å²) in [6.07, 6.45) is 0. The molecule has 0 amide bonds. The van der Waals surface area contributed by atoms with Crippen LogP contribution in [0, 0.1) is 0 Å². The van der Waals surface area contributed by atoms with E-state index < -0.39 is 0 Å². The van der Waals surface area contributed by atoms with E-state index in [-0.39, 0.29) is 0 Å². The second-order valence-corrected chi connectivity index (χ2v) is 4.38. The number of hydrogen-bond donors (Lipinski definition) is 0. The first-order valence-electron chi connectivity index (χ1n) is 5.76. The van der Waals surface area contributed by atoms with Gasteiger partial charge in [0.05, 0.1) is 13.2 Å². The van der Waals surface area contributed by atoms with Gasteiger partial charge in [-0.05, 0) is 11.1 Å². The zero-order valence-corrected chi connectivity index (χ0v) is 10.7. The summed E-state index contributed by atoms with van der Waals surface area (Å²) in [7, 11) is 3.48. The van der Waals surface area contributed by atoms with Crippen LogP contribution in [-0.2, 0) is 9.47 Å². The molecule has 2 unspecified atom stereocenters. The predicted molar refractivity (Wildman–Crippen MR) is 67.0 cm³/mol. The van der Waals surface area contributed by atoms with Gasteiger partial charge in [-0.2, -0.15) is 0 Å². The quantitative estimate of drug-likeness (QED) is 0.736. The third-order valence-electron chi connectivity index (χ3n) is 2.91. The molecule has 2 nitrogen and oxygen atoms in total. The molecule has 0 spiro atoms. The molecule has 0 bridgehead atoms. The van der Waals surface area contributed by atoms with Gasteiger partial charge in [-0.1, -0.05) is 38.1 Å². The molecule has 0 fully saturated rings. The van der Waals surface area contributed by atoms with Crippen molar-refractivity contribution in [3.63, 3.8) is 0 Å². The third kappa shape index (κ3) is 3.62. The van der Waals surface area contributed by atoms with Gasteiger partial charge in [0.25, 0.3) is 0 Å². The smallest absolute Gasteiger partial charge is 0.0528 e. The van der Waals surface area contributed by atoms with Gasteiger partial charge in [0.15, 0.2) is 0 Å². The van der Waals surface area contributed by atoms with Crippen LogP contribution >= 0.6 is 0 Å². The van der Waals surface area contributed by atoms with Crippen LogP contribution in [0.5, 0.6) is 0 Å². The summed E-state index contributed by atoms with van der Waals surface area (Å²) < 4.78 is 10.3. The molecule has 0 aromatic heterocycles. The summed E-state index contributed by atoms with van der Waals surface area (Å²) in [4.78, 5) is 0. The molecule has 90 valence electrons. The summed E-state index contributed by atoms with van der Waals surface area (Å²) in [5, 5.41) is 0. The molecule has 1 aromatic carbocycles. The monoisotopic (exact) mass is 222 g/mol. The van der Waals surface area contributed by atoms with Gasteiger partial charge in [0.2, 0.25) is 0 Å². The minimum Gasteiger partial charge on any atom is -0.384 e. The van der Waals surface area contributed by atoms with Gasteiger partial charge in [0, 0.05) is 26.1 Å². The highest BCUT2D eigenvalue weighted by molar-refractivity contribution is 5.27. The second-order valence-electron chi connectivity index (χ2n) is 4.38. The van der Waals surface area contributed by atoms with E-state index in [1.165, 1.54) is 11.1 Å². The molecule has 0 radical (unpaired) electrons. The summed E-state index contributed by atoms with van der Waals surface area (Å²) in [5.41, 5.74) is 2.66. The maximum absolute atomic E-state index is 5.15. The Morgan fingerprint density at radius 2 is 1.12 bits per heavy atom. The molecular weight excluding hydrogens is 200 g/mol. The molecule has 0 aliphatic rings. The Bertz CT molecular complexity index is 261.